The van der Waals surface area contributed by atoms with Crippen molar-refractivity contribution >= 4 is 27.7 Å². The van der Waals surface area contributed by atoms with Gasteiger partial charge in [0.1, 0.15) is 0 Å². The van der Waals surface area contributed by atoms with E-state index in [4.69, 9.17) is 5.11 Å². The molecule has 76 valence electrons. The van der Waals surface area contributed by atoms with Crippen LogP contribution in [0.15, 0.2) is 22.7 Å². The van der Waals surface area contributed by atoms with Crippen LogP contribution in [-0.2, 0) is 6.61 Å². The zero-order valence-corrected chi connectivity index (χ0v) is 10.3. The van der Waals surface area contributed by atoms with Gasteiger partial charge in [-0.1, -0.05) is 28.1 Å². The predicted octanol–water partition coefficient (Wildman–Crippen LogP) is 3.16. The second-order valence-corrected chi connectivity index (χ2v) is 5.58. The molecule has 1 saturated heterocycles. The molecular weight excluding hydrogens is 260 g/mol. The number of rotatable bonds is 2. The molecule has 1 unspecified atom stereocenters. The monoisotopic (exact) mass is 272 g/mol. The van der Waals surface area contributed by atoms with Crippen molar-refractivity contribution in [3.63, 3.8) is 0 Å². The Morgan fingerprint density at radius 1 is 1.50 bits per heavy atom. The van der Waals surface area contributed by atoms with Crippen LogP contribution in [0.4, 0.5) is 0 Å². The molecule has 3 heteroatoms. The number of aliphatic hydroxyl groups excluding tert-OH is 1. The fourth-order valence-electron chi connectivity index (χ4n) is 1.78. The van der Waals surface area contributed by atoms with Crippen molar-refractivity contribution in [1.29, 1.82) is 0 Å². The minimum atomic E-state index is 0.123. The first-order valence-electron chi connectivity index (χ1n) is 4.78. The van der Waals surface area contributed by atoms with Crippen LogP contribution in [0.25, 0.3) is 0 Å². The van der Waals surface area contributed by atoms with Gasteiger partial charge in [0.2, 0.25) is 0 Å². The fourth-order valence-corrected chi connectivity index (χ4v) is 3.78. The quantitative estimate of drug-likeness (QED) is 0.893. The molecule has 0 saturated carbocycles. The van der Waals surface area contributed by atoms with Gasteiger partial charge in [-0.05, 0) is 35.3 Å². The molecule has 1 aliphatic heterocycles. The lowest BCUT2D eigenvalue weighted by atomic mass is 9.98. The van der Waals surface area contributed by atoms with E-state index in [1.54, 1.807) is 0 Å². The third kappa shape index (κ3) is 2.15. The zero-order valence-electron chi connectivity index (χ0n) is 7.87. The molecule has 0 aliphatic carbocycles. The third-order valence-electron chi connectivity index (χ3n) is 2.62. The second kappa shape index (κ2) is 4.69. The summed E-state index contributed by atoms with van der Waals surface area (Å²) in [7, 11) is 0. The lowest BCUT2D eigenvalue weighted by molar-refractivity contribution is 0.281. The lowest BCUT2D eigenvalue weighted by Gasteiger charge is -2.11. The Morgan fingerprint density at radius 2 is 2.36 bits per heavy atom. The van der Waals surface area contributed by atoms with Crippen LogP contribution in [0.5, 0.6) is 0 Å². The topological polar surface area (TPSA) is 20.2 Å². The number of aliphatic hydroxyl groups is 1. The third-order valence-corrected chi connectivity index (χ3v) is 4.47. The maximum atomic E-state index is 8.99. The van der Waals surface area contributed by atoms with Crippen LogP contribution in [0.1, 0.15) is 23.5 Å². The molecule has 1 nitrogen and oxygen atoms in total. The van der Waals surface area contributed by atoms with Gasteiger partial charge in [0.05, 0.1) is 6.61 Å². The van der Waals surface area contributed by atoms with E-state index in [-0.39, 0.29) is 6.61 Å². The highest BCUT2D eigenvalue weighted by atomic mass is 79.9. The summed E-state index contributed by atoms with van der Waals surface area (Å²) in [5, 5.41) is 8.99. The van der Waals surface area contributed by atoms with Crippen molar-refractivity contribution in [2.45, 2.75) is 18.9 Å². The smallest absolute Gasteiger partial charge is 0.0682 e. The molecule has 1 fully saturated rings. The molecular formula is C11H13BrOS. The summed E-state index contributed by atoms with van der Waals surface area (Å²) in [6.07, 6.45) is 1.28. The molecule has 1 aromatic carbocycles. The minimum Gasteiger partial charge on any atom is -0.392 e. The van der Waals surface area contributed by atoms with Crippen LogP contribution in [-0.4, -0.2) is 16.6 Å². The summed E-state index contributed by atoms with van der Waals surface area (Å²) >= 11 is 5.60. The Hall–Kier alpha value is 0.01000. The molecule has 14 heavy (non-hydrogen) atoms. The summed E-state index contributed by atoms with van der Waals surface area (Å²) in [6.45, 7) is 0.123. The first kappa shape index (κ1) is 10.5. The van der Waals surface area contributed by atoms with E-state index in [0.717, 1.165) is 10.0 Å². The molecule has 0 amide bonds. The van der Waals surface area contributed by atoms with Crippen molar-refractivity contribution < 1.29 is 5.11 Å². The Balaban J connectivity index is 2.25. The molecule has 1 aliphatic rings. The van der Waals surface area contributed by atoms with Gasteiger partial charge in [-0.2, -0.15) is 11.8 Å². The first-order valence-corrected chi connectivity index (χ1v) is 6.73. The molecule has 0 aromatic heterocycles. The maximum Gasteiger partial charge on any atom is 0.0682 e. The zero-order chi connectivity index (χ0) is 9.97. The van der Waals surface area contributed by atoms with Gasteiger partial charge in [-0.25, -0.2) is 0 Å². The molecule has 0 spiro atoms. The van der Waals surface area contributed by atoms with Crippen molar-refractivity contribution in [2.24, 2.45) is 0 Å². The van der Waals surface area contributed by atoms with E-state index in [1.165, 1.54) is 23.5 Å². The highest BCUT2D eigenvalue weighted by Crippen LogP contribution is 2.36. The van der Waals surface area contributed by atoms with Crippen molar-refractivity contribution in [2.75, 3.05) is 11.5 Å². The van der Waals surface area contributed by atoms with E-state index < -0.39 is 0 Å². The molecule has 1 aromatic rings. The second-order valence-electron chi connectivity index (χ2n) is 3.57. The summed E-state index contributed by atoms with van der Waals surface area (Å²) in [4.78, 5) is 0. The number of hydrogen-bond donors (Lipinski definition) is 1. The Labute approximate surface area is 97.0 Å². The van der Waals surface area contributed by atoms with Gasteiger partial charge < -0.3 is 5.11 Å². The molecule has 1 N–H and O–H groups in total. The largest absolute Gasteiger partial charge is 0.392 e. The van der Waals surface area contributed by atoms with E-state index in [2.05, 4.69) is 22.0 Å². The van der Waals surface area contributed by atoms with Gasteiger partial charge in [-0.15, -0.1) is 0 Å². The Bertz CT molecular complexity index is 321. The predicted molar refractivity (Wildman–Crippen MR) is 64.7 cm³/mol. The van der Waals surface area contributed by atoms with Crippen molar-refractivity contribution in [3.8, 4) is 0 Å². The van der Waals surface area contributed by atoms with Crippen LogP contribution in [0.3, 0.4) is 0 Å². The van der Waals surface area contributed by atoms with Gasteiger partial charge >= 0.3 is 0 Å². The summed E-state index contributed by atoms with van der Waals surface area (Å²) in [5.41, 5.74) is 2.37. The minimum absolute atomic E-state index is 0.123. The molecule has 0 radical (unpaired) electrons. The van der Waals surface area contributed by atoms with E-state index in [0.29, 0.717) is 5.92 Å². The Kier molecular flexibility index (Phi) is 3.52. The first-order chi connectivity index (χ1) is 6.81. The van der Waals surface area contributed by atoms with Crippen LogP contribution >= 0.6 is 27.7 Å². The maximum absolute atomic E-state index is 8.99. The Morgan fingerprint density at radius 3 is 2.93 bits per heavy atom. The van der Waals surface area contributed by atoms with Gasteiger partial charge in [0, 0.05) is 10.2 Å². The van der Waals surface area contributed by atoms with Crippen molar-refractivity contribution in [3.05, 3.63) is 33.8 Å². The molecule has 0 bridgehead atoms. The summed E-state index contributed by atoms with van der Waals surface area (Å²) in [5.74, 6) is 3.21. The summed E-state index contributed by atoms with van der Waals surface area (Å²) < 4.78 is 1.15. The van der Waals surface area contributed by atoms with Crippen LogP contribution in [0.2, 0.25) is 0 Å². The van der Waals surface area contributed by atoms with Gasteiger partial charge in [0.25, 0.3) is 0 Å². The number of benzene rings is 1. The van der Waals surface area contributed by atoms with Gasteiger partial charge in [-0.3, -0.25) is 0 Å². The van der Waals surface area contributed by atoms with E-state index in [1.807, 2.05) is 23.9 Å². The number of hydrogen-bond acceptors (Lipinski definition) is 2. The van der Waals surface area contributed by atoms with Crippen LogP contribution < -0.4 is 0 Å². The average molecular weight is 273 g/mol. The molecule has 2 rings (SSSR count). The average Bonchev–Trinajstić information content (AvgIpc) is 2.70. The van der Waals surface area contributed by atoms with Crippen molar-refractivity contribution in [1.82, 2.24) is 0 Å². The normalized spacial score (nSPS) is 21.4. The highest BCUT2D eigenvalue weighted by molar-refractivity contribution is 9.10. The standard InChI is InChI=1S/C11H13BrOS/c12-11-5-8(6-13)1-2-10(11)9-3-4-14-7-9/h1-2,5,9,13H,3-4,6-7H2. The van der Waals surface area contributed by atoms with Gasteiger partial charge in [0.15, 0.2) is 0 Å². The highest BCUT2D eigenvalue weighted by Gasteiger charge is 2.19. The van der Waals surface area contributed by atoms with E-state index >= 15 is 0 Å². The lowest BCUT2D eigenvalue weighted by Crippen LogP contribution is -1.98. The number of halogens is 1. The molecule has 1 atom stereocenters. The van der Waals surface area contributed by atoms with Crippen LogP contribution in [0, 0.1) is 0 Å². The fraction of sp³-hybridized carbons (Fsp3) is 0.455. The SMILES string of the molecule is OCc1ccc(C2CCSC2)c(Br)c1. The molecule has 1 heterocycles. The van der Waals surface area contributed by atoms with E-state index in [9.17, 15) is 0 Å². The number of thioether (sulfide) groups is 1. The summed E-state index contributed by atoms with van der Waals surface area (Å²) in [6, 6.07) is 6.19.